The van der Waals surface area contributed by atoms with Gasteiger partial charge in [0.25, 0.3) is 0 Å². The van der Waals surface area contributed by atoms with Crippen molar-refractivity contribution in [2.75, 3.05) is 20.6 Å². The van der Waals surface area contributed by atoms with Crippen molar-refractivity contribution in [1.82, 2.24) is 31.0 Å². The summed E-state index contributed by atoms with van der Waals surface area (Å²) >= 11 is 0. The summed E-state index contributed by atoms with van der Waals surface area (Å²) in [6.45, 7) is 14.3. The molecule has 4 heterocycles. The molecule has 17 heteroatoms. The molecule has 4 fully saturated rings. The van der Waals surface area contributed by atoms with E-state index in [0.717, 1.165) is 43.2 Å². The van der Waals surface area contributed by atoms with E-state index >= 15 is 0 Å². The second-order valence-electron chi connectivity index (χ2n) is 19.8. The summed E-state index contributed by atoms with van der Waals surface area (Å²) in [5.74, 6) is -3.57. The number of ketones is 1. The monoisotopic (exact) mass is 935 g/mol. The molecule has 1 saturated carbocycles. The van der Waals surface area contributed by atoms with Crippen molar-refractivity contribution >= 4 is 30.0 Å². The lowest BCUT2D eigenvalue weighted by Crippen LogP contribution is -2.73. The lowest BCUT2D eigenvalue weighted by molar-refractivity contribution is -0.300. The van der Waals surface area contributed by atoms with Crippen LogP contribution in [-0.4, -0.2) is 131 Å². The zero-order valence-corrected chi connectivity index (χ0v) is 40.9. The first-order valence-corrected chi connectivity index (χ1v) is 24.2. The molecule has 1 aromatic heterocycles. The number of alkyl carbamates (subject to hydrolysis) is 2. The molecule has 1 aliphatic carbocycles. The Morgan fingerprint density at radius 2 is 1.67 bits per heavy atom. The standard InChI is InChI=1S/C50H74N6O11/c1-11-38-50(8)42(55-67-50)31(4)39(57)29(2)28-49(7,66-47(60)53-24-15-17-34-20-22-35(23-21-34)44-51-25-16-26-52-44)43(65-46-40(58)37(56(9)10)27-30(3)62-46)32(5)41(33(6)45(59)63-38)64-48(61)54-36-18-13-12-14-19-36/h15-17,20-23,25-26,29-33,36-38,40-43,46,55,58H,11-14,18-19,24,27-28H2,1-10H3,(H,53,60)(H,54,61)/b17-15+/t29-,30-,31+,32+,33-,37+,38-,40-,41+,42-,43-,46+,49-,50-/m1/s1. The van der Waals surface area contributed by atoms with Crippen LogP contribution in [0.3, 0.4) is 0 Å². The first-order valence-electron chi connectivity index (χ1n) is 24.2. The fourth-order valence-electron chi connectivity index (χ4n) is 10.5. The van der Waals surface area contributed by atoms with Gasteiger partial charge in [-0.1, -0.05) is 83.4 Å². The van der Waals surface area contributed by atoms with Crippen molar-refractivity contribution < 1.29 is 52.8 Å². The van der Waals surface area contributed by atoms with Crippen LogP contribution >= 0.6 is 0 Å². The summed E-state index contributed by atoms with van der Waals surface area (Å²) in [6.07, 6.45) is 4.94. The summed E-state index contributed by atoms with van der Waals surface area (Å²) in [6, 6.07) is 8.43. The van der Waals surface area contributed by atoms with Crippen molar-refractivity contribution in [3.63, 3.8) is 0 Å². The number of carbonyl (C=O) groups excluding carboxylic acids is 4. The van der Waals surface area contributed by atoms with Crippen molar-refractivity contribution in [3.05, 3.63) is 54.4 Å². The molecule has 0 bridgehead atoms. The van der Waals surface area contributed by atoms with Gasteiger partial charge in [-0.25, -0.2) is 19.6 Å². The van der Waals surface area contributed by atoms with Crippen molar-refractivity contribution in [3.8, 4) is 11.4 Å². The highest BCUT2D eigenvalue weighted by atomic mass is 16.7. The van der Waals surface area contributed by atoms with E-state index in [2.05, 4.69) is 26.1 Å². The number of cyclic esters (lactones) is 1. The number of likely N-dealkylation sites (N-methyl/N-ethyl adjacent to an activating group) is 1. The van der Waals surface area contributed by atoms with Crippen LogP contribution < -0.4 is 16.1 Å². The molecule has 67 heavy (non-hydrogen) atoms. The van der Waals surface area contributed by atoms with Gasteiger partial charge in [-0.15, -0.1) is 0 Å². The Balaban J connectivity index is 1.36. The van der Waals surface area contributed by atoms with Crippen LogP contribution in [-0.2, 0) is 38.1 Å². The number of rotatable bonds is 11. The fraction of sp³-hybridized carbons (Fsp3) is 0.680. The molecule has 1 aromatic carbocycles. The highest BCUT2D eigenvalue weighted by Crippen LogP contribution is 2.42. The van der Waals surface area contributed by atoms with Crippen LogP contribution in [0.15, 0.2) is 48.8 Å². The first kappa shape index (κ1) is 51.9. The Labute approximate surface area is 395 Å². The highest BCUT2D eigenvalue weighted by Gasteiger charge is 2.58. The van der Waals surface area contributed by atoms with E-state index in [1.165, 1.54) is 0 Å². The van der Waals surface area contributed by atoms with Gasteiger partial charge in [0.15, 0.2) is 12.1 Å². The van der Waals surface area contributed by atoms with Gasteiger partial charge in [-0.3, -0.25) is 14.4 Å². The smallest absolute Gasteiger partial charge is 0.408 e. The van der Waals surface area contributed by atoms with Crippen molar-refractivity contribution in [2.24, 2.45) is 23.7 Å². The lowest BCUT2D eigenvalue weighted by atomic mass is 9.72. The number of amides is 2. The molecule has 0 radical (unpaired) electrons. The topological polar surface area (TPSA) is 209 Å². The van der Waals surface area contributed by atoms with Crippen LogP contribution in [0.1, 0.15) is 112 Å². The van der Waals surface area contributed by atoms with E-state index in [4.69, 9.17) is 28.5 Å². The van der Waals surface area contributed by atoms with Crippen molar-refractivity contribution in [2.45, 2.75) is 173 Å². The number of nitrogens with zero attached hydrogens (tertiary/aromatic N) is 3. The summed E-state index contributed by atoms with van der Waals surface area (Å²) in [5.41, 5.74) is 1.96. The molecule has 6 rings (SSSR count). The number of ether oxygens (including phenoxy) is 5. The third-order valence-electron chi connectivity index (χ3n) is 14.4. The Morgan fingerprint density at radius 1 is 0.985 bits per heavy atom. The third-order valence-corrected chi connectivity index (χ3v) is 14.4. The minimum atomic E-state index is -1.68. The van der Waals surface area contributed by atoms with Gasteiger partial charge < -0.3 is 44.3 Å². The van der Waals surface area contributed by atoms with E-state index in [-0.39, 0.29) is 36.9 Å². The molecule has 14 atom stereocenters. The van der Waals surface area contributed by atoms with E-state index in [1.54, 1.807) is 59.2 Å². The average molecular weight is 935 g/mol. The third kappa shape index (κ3) is 12.4. The summed E-state index contributed by atoms with van der Waals surface area (Å²) in [7, 11) is 3.72. The first-order chi connectivity index (χ1) is 31.8. The molecule has 0 unspecified atom stereocenters. The maximum absolute atomic E-state index is 14.6. The largest absolute Gasteiger partial charge is 0.459 e. The number of hydrogen-bond donors (Lipinski definition) is 4. The summed E-state index contributed by atoms with van der Waals surface area (Å²) in [5, 5.41) is 17.7. The SMILES string of the molecule is CC[C@H]1OC(=O)[C@H](C)[C@@H](OC(=O)NC2CCCCC2)[C@H](C)[C@@H](O[C@@H]2O[C@H](C)C[C@H](N(C)C)[C@H]2O)[C@](C)(OC(=O)NC/C=C/c2ccc(-c3ncccn3)cc2)C[C@@H](C)C(=O)[C@H](C)[C@H]2NO[C@@]21C. The number of carbonyl (C=O) groups is 4. The minimum Gasteiger partial charge on any atom is -0.459 e. The number of hydroxylamine groups is 1. The summed E-state index contributed by atoms with van der Waals surface area (Å²) < 4.78 is 32.3. The van der Waals surface area contributed by atoms with E-state index in [9.17, 15) is 24.3 Å². The Hall–Kier alpha value is -4.52. The van der Waals surface area contributed by atoms with Crippen LogP contribution in [0.25, 0.3) is 17.5 Å². The molecule has 3 aliphatic heterocycles. The number of esters is 1. The number of Topliss-reactive ketones (excluding diaryl/α,β-unsaturated/α-hetero) is 1. The predicted octanol–water partition coefficient (Wildman–Crippen LogP) is 6.38. The minimum absolute atomic E-state index is 0.0529. The van der Waals surface area contributed by atoms with Crippen LogP contribution in [0.5, 0.6) is 0 Å². The van der Waals surface area contributed by atoms with Gasteiger partial charge in [0, 0.05) is 54.3 Å². The molecule has 4 aliphatic rings. The van der Waals surface area contributed by atoms with Crippen molar-refractivity contribution in [1.29, 1.82) is 0 Å². The number of fused-ring (bicyclic) bond motifs is 1. The Morgan fingerprint density at radius 3 is 2.30 bits per heavy atom. The molecule has 2 aromatic rings. The average Bonchev–Trinajstić information content (AvgIpc) is 3.30. The maximum Gasteiger partial charge on any atom is 0.408 e. The van der Waals surface area contributed by atoms with Gasteiger partial charge in [0.1, 0.15) is 41.4 Å². The van der Waals surface area contributed by atoms with Crippen LogP contribution in [0, 0.1) is 23.7 Å². The van der Waals surface area contributed by atoms with E-state index < -0.39 is 89.8 Å². The molecule has 2 amide bonds. The molecular formula is C50H74N6O11. The quantitative estimate of drug-likeness (QED) is 0.142. The Bertz CT molecular complexity index is 2000. The summed E-state index contributed by atoms with van der Waals surface area (Å²) in [4.78, 5) is 73.7. The zero-order valence-electron chi connectivity index (χ0n) is 40.9. The molecule has 3 saturated heterocycles. The fourth-order valence-corrected chi connectivity index (χ4v) is 10.5. The van der Waals surface area contributed by atoms with E-state index in [0.29, 0.717) is 18.7 Å². The number of aliphatic hydroxyl groups excluding tert-OH is 1. The van der Waals surface area contributed by atoms with E-state index in [1.807, 2.05) is 70.1 Å². The van der Waals surface area contributed by atoms with Gasteiger partial charge in [-0.05, 0) is 85.5 Å². The van der Waals surface area contributed by atoms with Gasteiger partial charge in [0.2, 0.25) is 0 Å². The van der Waals surface area contributed by atoms with Gasteiger partial charge in [-0.2, -0.15) is 5.48 Å². The van der Waals surface area contributed by atoms with Gasteiger partial charge >= 0.3 is 18.2 Å². The maximum atomic E-state index is 14.6. The molecule has 370 valence electrons. The van der Waals surface area contributed by atoms with Gasteiger partial charge in [0.05, 0.1) is 18.1 Å². The number of aromatic nitrogens is 2. The normalized spacial score (nSPS) is 35.7. The second-order valence-corrected chi connectivity index (χ2v) is 19.8. The lowest BCUT2D eigenvalue weighted by Gasteiger charge is -2.53. The van der Waals surface area contributed by atoms with Crippen LogP contribution in [0.2, 0.25) is 0 Å². The number of hydrogen-bond acceptors (Lipinski definition) is 15. The van der Waals surface area contributed by atoms with Crippen LogP contribution in [0.4, 0.5) is 9.59 Å². The highest BCUT2D eigenvalue weighted by molar-refractivity contribution is 5.84. The predicted molar refractivity (Wildman–Crippen MR) is 250 cm³/mol. The number of aliphatic hydroxyl groups is 1. The number of nitrogens with one attached hydrogen (secondary N) is 3. The molecular weight excluding hydrogens is 861 g/mol. The molecule has 0 spiro atoms. The number of benzene rings is 1. The second kappa shape index (κ2) is 22.7. The molecule has 17 nitrogen and oxygen atoms in total. The zero-order chi connectivity index (χ0) is 48.6. The molecule has 4 N–H and O–H groups in total. The Kier molecular flexibility index (Phi) is 17.6.